The molecule has 0 aromatic heterocycles. The Morgan fingerprint density at radius 2 is 1.16 bits per heavy atom. The average Bonchev–Trinajstić information content (AvgIpc) is 3.68. The zero-order valence-corrected chi connectivity index (χ0v) is 42.5. The summed E-state index contributed by atoms with van der Waals surface area (Å²) in [5.74, 6) is -4.25. The topological polar surface area (TPSA) is 271 Å². The summed E-state index contributed by atoms with van der Waals surface area (Å²) in [5.41, 5.74) is 18.1. The highest BCUT2D eigenvalue weighted by molar-refractivity contribution is 5.87. The van der Waals surface area contributed by atoms with Crippen molar-refractivity contribution in [2.45, 2.75) is 163 Å². The highest BCUT2D eigenvalue weighted by Crippen LogP contribution is 2.69. The third-order valence-electron chi connectivity index (χ3n) is 16.6. The molecule has 386 valence electrons. The van der Waals surface area contributed by atoms with Crippen molar-refractivity contribution in [2.75, 3.05) is 19.6 Å². The summed E-state index contributed by atoms with van der Waals surface area (Å²) in [7, 11) is 0. The van der Waals surface area contributed by atoms with Crippen molar-refractivity contribution in [2.24, 2.45) is 81.3 Å². The van der Waals surface area contributed by atoms with E-state index in [1.165, 1.54) is 0 Å². The van der Waals surface area contributed by atoms with Crippen LogP contribution in [0.4, 0.5) is 0 Å². The average molecular weight is 967 g/mol. The zero-order chi connectivity index (χ0) is 51.0. The predicted molar refractivity (Wildman–Crippen MR) is 258 cm³/mol. The molecule has 0 aliphatic heterocycles. The second-order valence-electron chi connectivity index (χ2n) is 22.0. The third-order valence-corrected chi connectivity index (χ3v) is 16.6. The lowest BCUT2D eigenvalue weighted by molar-refractivity contribution is -0.225. The minimum atomic E-state index is -0.804. The van der Waals surface area contributed by atoms with Gasteiger partial charge in [-0.25, -0.2) is 0 Å². The van der Waals surface area contributed by atoms with E-state index in [4.69, 9.17) is 36.1 Å². The fraction of sp³-hybridized carbons (Fsp3) is 0.750. The molecular formula is C52H82N6O11. The number of nitrogens with two attached hydrogens (primary N) is 3. The minimum absolute atomic E-state index is 0.00320. The molecule has 14 atom stereocenters. The van der Waals surface area contributed by atoms with Gasteiger partial charge in [0.15, 0.2) is 0 Å². The molecule has 0 bridgehead atoms. The maximum Gasteiger partial charge on any atom is 0.325 e. The van der Waals surface area contributed by atoms with Crippen LogP contribution in [0.5, 0.6) is 0 Å². The van der Waals surface area contributed by atoms with E-state index in [9.17, 15) is 33.6 Å². The summed E-state index contributed by atoms with van der Waals surface area (Å²) < 4.78 is 24.7. The van der Waals surface area contributed by atoms with Crippen LogP contribution in [0.25, 0.3) is 0 Å². The smallest absolute Gasteiger partial charge is 0.325 e. The summed E-state index contributed by atoms with van der Waals surface area (Å²) in [6, 6.07) is 7.14. The molecule has 1 aromatic carbocycles. The molecule has 0 unspecified atom stereocenters. The van der Waals surface area contributed by atoms with Crippen molar-refractivity contribution in [1.29, 1.82) is 0 Å². The Morgan fingerprint density at radius 3 is 1.70 bits per heavy atom. The largest absolute Gasteiger partial charge is 0.461 e. The number of benzene rings is 1. The Morgan fingerprint density at radius 1 is 0.638 bits per heavy atom. The first kappa shape index (κ1) is 55.3. The molecule has 69 heavy (non-hydrogen) atoms. The van der Waals surface area contributed by atoms with Gasteiger partial charge in [-0.3, -0.25) is 33.6 Å². The van der Waals surface area contributed by atoms with Crippen LogP contribution in [0.2, 0.25) is 0 Å². The number of carbonyl (C=O) groups is 7. The van der Waals surface area contributed by atoms with Gasteiger partial charge in [0.05, 0.1) is 18.1 Å². The van der Waals surface area contributed by atoms with E-state index in [1.807, 2.05) is 71.9 Å². The van der Waals surface area contributed by atoms with E-state index in [-0.39, 0.29) is 97.3 Å². The van der Waals surface area contributed by atoms with Gasteiger partial charge in [0.25, 0.3) is 0 Å². The first-order valence-electron chi connectivity index (χ1n) is 25.4. The summed E-state index contributed by atoms with van der Waals surface area (Å²) in [4.78, 5) is 92.3. The lowest BCUT2D eigenvalue weighted by Crippen LogP contribution is -2.64. The molecule has 1 aromatic rings. The van der Waals surface area contributed by atoms with Crippen LogP contribution < -0.4 is 33.2 Å². The fourth-order valence-corrected chi connectivity index (χ4v) is 12.2. The summed E-state index contributed by atoms with van der Waals surface area (Å²) >= 11 is 0. The molecule has 4 aliphatic carbocycles. The van der Waals surface area contributed by atoms with Crippen LogP contribution in [-0.4, -0.2) is 97.7 Å². The summed E-state index contributed by atoms with van der Waals surface area (Å²) in [6.45, 7) is 16.6. The number of carbonyl (C=O) groups excluding carboxylic acids is 7. The van der Waals surface area contributed by atoms with Gasteiger partial charge in [0.1, 0.15) is 44.6 Å². The predicted octanol–water partition coefficient (Wildman–Crippen LogP) is 4.06. The van der Waals surface area contributed by atoms with Crippen molar-refractivity contribution in [3.05, 3.63) is 35.9 Å². The van der Waals surface area contributed by atoms with E-state index in [0.717, 1.165) is 18.4 Å². The van der Waals surface area contributed by atoms with Crippen molar-refractivity contribution in [1.82, 2.24) is 16.0 Å². The highest BCUT2D eigenvalue weighted by atomic mass is 16.6. The third kappa shape index (κ3) is 13.4. The first-order chi connectivity index (χ1) is 32.5. The minimum Gasteiger partial charge on any atom is -0.461 e. The number of fused-ring (bicyclic) bond motifs is 5. The van der Waals surface area contributed by atoms with E-state index >= 15 is 0 Å². The number of hydrogen-bond donors (Lipinski definition) is 6. The standard InChI is InChI=1S/C52H82N6O11/c1-28(2)45(53)48(63)56-24-41(60)67-34-19-20-51(8)33(21-34)22-38(68-42(61)25-57-49(64)46(54)29(3)4)44-36-17-16-35(31(7)15-18-40(59)66-27-32-13-11-10-12-14-32)52(36,9)39(23-37(44)51)69-43(62)26-58-50(65)47(55)30(5)6/h10-14,28-31,33-39,44-47H,15-27,53-55H2,1-9H3,(H,56,63)(H,57,64)(H,58,65)/t31-,33+,34-,35-,36+,37+,38-,39+,44+,45+,46+,47+,51+,52-/m1/s1. The van der Waals surface area contributed by atoms with Gasteiger partial charge >= 0.3 is 23.9 Å². The molecule has 5 rings (SSSR count). The number of esters is 4. The number of ether oxygens (including phenoxy) is 4. The van der Waals surface area contributed by atoms with Crippen molar-refractivity contribution in [3.8, 4) is 0 Å². The molecule has 4 aliphatic rings. The number of rotatable bonds is 21. The van der Waals surface area contributed by atoms with Crippen LogP contribution in [0.3, 0.4) is 0 Å². The SMILES string of the molecule is CC(C)[C@H](N)C(=O)NCC(=O)O[C@@H]1CC[C@@]2(C)[C@@H](C1)C[C@@H](OC(=O)CNC(=O)[C@@H](N)C(C)C)[C@@H]1[C@@H]2C[C@H](OC(=O)CNC(=O)[C@@H](N)C(C)C)[C@]2(C)[C@@H]([C@H](C)CCC(=O)OCc3ccccc3)CC[C@@H]12. The van der Waals surface area contributed by atoms with Crippen LogP contribution in [-0.2, 0) is 59.1 Å². The molecular weight excluding hydrogens is 885 g/mol. The zero-order valence-electron chi connectivity index (χ0n) is 42.5. The van der Waals surface area contributed by atoms with Crippen molar-refractivity contribution >= 4 is 41.6 Å². The Kier molecular flexibility index (Phi) is 19.2. The molecule has 4 saturated carbocycles. The van der Waals surface area contributed by atoms with E-state index in [1.54, 1.807) is 0 Å². The van der Waals surface area contributed by atoms with Gasteiger partial charge < -0.3 is 52.1 Å². The lowest BCUT2D eigenvalue weighted by atomic mass is 9.43. The van der Waals surface area contributed by atoms with Gasteiger partial charge in [-0.1, -0.05) is 92.6 Å². The molecule has 0 spiro atoms. The van der Waals surface area contributed by atoms with Crippen LogP contribution >= 0.6 is 0 Å². The van der Waals surface area contributed by atoms with Gasteiger partial charge in [-0.15, -0.1) is 0 Å². The Labute approximate surface area is 408 Å². The maximum atomic E-state index is 13.9. The molecule has 17 nitrogen and oxygen atoms in total. The first-order valence-corrected chi connectivity index (χ1v) is 25.4. The van der Waals surface area contributed by atoms with E-state index in [0.29, 0.717) is 38.5 Å². The molecule has 0 radical (unpaired) electrons. The molecule has 4 fully saturated rings. The summed E-state index contributed by atoms with van der Waals surface area (Å²) in [6.07, 6.45) is 3.24. The Hall–Kier alpha value is -4.61. The molecule has 17 heteroatoms. The summed E-state index contributed by atoms with van der Waals surface area (Å²) in [5, 5.41) is 7.93. The van der Waals surface area contributed by atoms with Gasteiger partial charge in [0.2, 0.25) is 17.7 Å². The maximum absolute atomic E-state index is 13.9. The monoisotopic (exact) mass is 967 g/mol. The molecule has 9 N–H and O–H groups in total. The fourth-order valence-electron chi connectivity index (χ4n) is 12.2. The van der Waals surface area contributed by atoms with E-state index < -0.39 is 77.5 Å². The van der Waals surface area contributed by atoms with Crippen molar-refractivity contribution in [3.63, 3.8) is 0 Å². The van der Waals surface area contributed by atoms with Gasteiger partial charge in [-0.2, -0.15) is 0 Å². The lowest BCUT2D eigenvalue weighted by Gasteiger charge is -2.64. The normalized spacial score (nSPS) is 30.1. The van der Waals surface area contributed by atoms with Gasteiger partial charge in [-0.05, 0) is 110 Å². The van der Waals surface area contributed by atoms with Crippen LogP contribution in [0.1, 0.15) is 126 Å². The Balaban J connectivity index is 1.43. The number of hydrogen-bond acceptors (Lipinski definition) is 14. The molecule has 0 heterocycles. The second kappa shape index (κ2) is 24.0. The van der Waals surface area contributed by atoms with Crippen LogP contribution in [0, 0.1) is 64.1 Å². The Bertz CT molecular complexity index is 1970. The second-order valence-corrected chi connectivity index (χ2v) is 22.0. The molecule has 0 saturated heterocycles. The number of amides is 3. The van der Waals surface area contributed by atoms with Crippen molar-refractivity contribution < 1.29 is 52.5 Å². The van der Waals surface area contributed by atoms with Gasteiger partial charge in [0, 0.05) is 17.8 Å². The van der Waals surface area contributed by atoms with E-state index in [2.05, 4.69) is 36.7 Å². The number of nitrogens with one attached hydrogen (secondary N) is 3. The highest BCUT2D eigenvalue weighted by Gasteiger charge is 2.68. The van der Waals surface area contributed by atoms with Crippen LogP contribution in [0.15, 0.2) is 30.3 Å². The quantitative estimate of drug-likeness (QED) is 0.0750. The molecule has 3 amide bonds.